The molecule has 8 heteroatoms. The normalized spacial score (nSPS) is 13.6. The van der Waals surface area contributed by atoms with Crippen LogP contribution < -0.4 is 4.90 Å². The van der Waals surface area contributed by atoms with Gasteiger partial charge in [0.25, 0.3) is 0 Å². The molecule has 1 aromatic carbocycles. The standard InChI is InChI=1S/C22H23N3O4.Cu/c1-15-13-16(25(2)12-10-21(27)29-14-28-3)6-7-18(15)24-19-8-9-20(26)22-17(19)5-4-11-23-22;/h4-9,11,13H,10,12,14H2,1-3H3;. The first kappa shape index (κ1) is 23.5. The maximum atomic E-state index is 12.0. The molecule has 0 atom stereocenters. The smallest absolute Gasteiger partial charge is 0.309 e. The van der Waals surface area contributed by atoms with E-state index in [-0.39, 0.29) is 42.0 Å². The Morgan fingerprint density at radius 3 is 2.77 bits per heavy atom. The van der Waals surface area contributed by atoms with Gasteiger partial charge in [-0.15, -0.1) is 0 Å². The van der Waals surface area contributed by atoms with Crippen LogP contribution in [0.15, 0.2) is 53.7 Å². The molecule has 0 saturated carbocycles. The average molecular weight is 457 g/mol. The number of esters is 1. The summed E-state index contributed by atoms with van der Waals surface area (Å²) in [5, 5.41) is 0. The van der Waals surface area contributed by atoms with Crippen LogP contribution in [0.2, 0.25) is 0 Å². The number of allylic oxidation sites excluding steroid dienone is 2. The fraction of sp³-hybridized carbons (Fsp3) is 0.273. The minimum absolute atomic E-state index is 0. The number of benzene rings is 1. The Balaban J connectivity index is 0.00000320. The number of hydrogen-bond acceptors (Lipinski definition) is 7. The molecule has 1 radical (unpaired) electrons. The summed E-state index contributed by atoms with van der Waals surface area (Å²) in [6.45, 7) is 2.47. The molecule has 1 aliphatic carbocycles. The van der Waals surface area contributed by atoms with Crippen LogP contribution in [0.4, 0.5) is 11.4 Å². The molecule has 0 N–H and O–H groups in total. The summed E-state index contributed by atoms with van der Waals surface area (Å²) in [5.74, 6) is -0.415. The Morgan fingerprint density at radius 2 is 2.03 bits per heavy atom. The van der Waals surface area contributed by atoms with Crippen LogP contribution in [0.25, 0.3) is 0 Å². The third-order valence-electron chi connectivity index (χ3n) is 4.56. The minimum Gasteiger partial charge on any atom is -0.438 e. The van der Waals surface area contributed by atoms with Gasteiger partial charge >= 0.3 is 5.97 Å². The van der Waals surface area contributed by atoms with Gasteiger partial charge in [-0.1, -0.05) is 0 Å². The number of pyridine rings is 1. The number of carbonyl (C=O) groups excluding carboxylic acids is 2. The molecule has 0 amide bonds. The number of anilines is 1. The van der Waals surface area contributed by atoms with Crippen LogP contribution in [0.1, 0.15) is 28.0 Å². The molecule has 0 aliphatic heterocycles. The van der Waals surface area contributed by atoms with Gasteiger partial charge in [-0.2, -0.15) is 0 Å². The van der Waals surface area contributed by atoms with Crippen molar-refractivity contribution in [3.8, 4) is 0 Å². The molecule has 161 valence electrons. The largest absolute Gasteiger partial charge is 0.438 e. The van der Waals surface area contributed by atoms with Gasteiger partial charge in [-0.05, 0) is 55.0 Å². The second-order valence-electron chi connectivity index (χ2n) is 6.66. The van der Waals surface area contributed by atoms with Crippen LogP contribution >= 0.6 is 0 Å². The average Bonchev–Trinajstić information content (AvgIpc) is 2.73. The Bertz CT molecular complexity index is 988. The zero-order chi connectivity index (χ0) is 20.8. The monoisotopic (exact) mass is 456 g/mol. The molecule has 0 bridgehead atoms. The van der Waals surface area contributed by atoms with Gasteiger partial charge in [-0.3, -0.25) is 14.6 Å². The minimum atomic E-state index is -0.302. The number of nitrogens with zero attached hydrogens (tertiary/aromatic N) is 3. The molecule has 0 fully saturated rings. The van der Waals surface area contributed by atoms with Gasteiger partial charge < -0.3 is 14.4 Å². The molecule has 3 rings (SSSR count). The summed E-state index contributed by atoms with van der Waals surface area (Å²) >= 11 is 0. The van der Waals surface area contributed by atoms with Crippen LogP contribution in [0, 0.1) is 6.92 Å². The van der Waals surface area contributed by atoms with E-state index in [1.54, 1.807) is 18.3 Å². The molecular weight excluding hydrogens is 434 g/mol. The molecular formula is C22H23CuN3O4. The molecule has 0 spiro atoms. The number of hydrogen-bond donors (Lipinski definition) is 0. The van der Waals surface area contributed by atoms with E-state index < -0.39 is 0 Å². The van der Waals surface area contributed by atoms with Crippen molar-refractivity contribution in [3.05, 3.63) is 65.5 Å². The Labute approximate surface area is 186 Å². The van der Waals surface area contributed by atoms with Crippen molar-refractivity contribution < 1.29 is 36.1 Å². The number of ketones is 1. The van der Waals surface area contributed by atoms with E-state index in [1.807, 2.05) is 43.1 Å². The predicted octanol–water partition coefficient (Wildman–Crippen LogP) is 3.23. The molecule has 0 saturated heterocycles. The van der Waals surface area contributed by atoms with Crippen molar-refractivity contribution in [2.24, 2.45) is 4.99 Å². The maximum absolute atomic E-state index is 12.0. The van der Waals surface area contributed by atoms with Crippen molar-refractivity contribution in [2.45, 2.75) is 13.3 Å². The number of rotatable bonds is 7. The second kappa shape index (κ2) is 10.8. The molecule has 1 aliphatic rings. The quantitative estimate of drug-likeness (QED) is 0.361. The third-order valence-corrected chi connectivity index (χ3v) is 4.56. The van der Waals surface area contributed by atoms with Gasteiger partial charge in [0.15, 0.2) is 6.79 Å². The second-order valence-corrected chi connectivity index (χ2v) is 6.66. The van der Waals surface area contributed by atoms with E-state index in [4.69, 9.17) is 14.5 Å². The Hall–Kier alpha value is -2.80. The number of methoxy groups -OCH3 is 1. The SMILES string of the molecule is COCOC(=O)CCN(C)c1ccc(N=C2C=CC(=O)c3ncccc32)c(C)c1.[Cu]. The Morgan fingerprint density at radius 1 is 1.23 bits per heavy atom. The molecule has 1 heterocycles. The fourth-order valence-corrected chi connectivity index (χ4v) is 2.95. The molecule has 1 aromatic heterocycles. The van der Waals surface area contributed by atoms with E-state index in [1.165, 1.54) is 13.2 Å². The Kier molecular flexibility index (Phi) is 8.47. The van der Waals surface area contributed by atoms with Gasteiger partial charge in [0.05, 0.1) is 17.8 Å². The first-order chi connectivity index (χ1) is 14.0. The molecule has 30 heavy (non-hydrogen) atoms. The van der Waals surface area contributed by atoms with Crippen molar-refractivity contribution in [2.75, 3.05) is 32.4 Å². The number of carbonyl (C=O) groups is 2. The van der Waals surface area contributed by atoms with E-state index in [0.29, 0.717) is 18.0 Å². The molecule has 0 unspecified atom stereocenters. The fourth-order valence-electron chi connectivity index (χ4n) is 2.95. The summed E-state index contributed by atoms with van der Waals surface area (Å²) in [5.41, 5.74) is 4.63. The first-order valence-electron chi connectivity index (χ1n) is 9.22. The number of aliphatic imine (C=N–C) groups is 1. The molecule has 7 nitrogen and oxygen atoms in total. The summed E-state index contributed by atoms with van der Waals surface area (Å²) < 4.78 is 9.63. The number of aryl methyl sites for hydroxylation is 1. The predicted molar refractivity (Wildman–Crippen MR) is 111 cm³/mol. The summed E-state index contributed by atoms with van der Waals surface area (Å²) in [7, 11) is 3.39. The third kappa shape index (κ3) is 5.63. The van der Waals surface area contributed by atoms with Crippen molar-refractivity contribution >= 4 is 28.8 Å². The van der Waals surface area contributed by atoms with Crippen molar-refractivity contribution in [1.82, 2.24) is 4.98 Å². The number of ether oxygens (including phenoxy) is 2. The van der Waals surface area contributed by atoms with E-state index in [0.717, 1.165) is 22.5 Å². The van der Waals surface area contributed by atoms with E-state index in [2.05, 4.69) is 4.98 Å². The topological polar surface area (TPSA) is 81.1 Å². The first-order valence-corrected chi connectivity index (χ1v) is 9.22. The zero-order valence-corrected chi connectivity index (χ0v) is 18.0. The van der Waals surface area contributed by atoms with Crippen LogP contribution in [-0.2, 0) is 31.3 Å². The van der Waals surface area contributed by atoms with Gasteiger partial charge in [0.1, 0.15) is 5.69 Å². The van der Waals surface area contributed by atoms with Gasteiger partial charge in [0.2, 0.25) is 5.78 Å². The number of fused-ring (bicyclic) bond motifs is 1. The number of aromatic nitrogens is 1. The van der Waals surface area contributed by atoms with Crippen LogP contribution in [0.5, 0.6) is 0 Å². The summed E-state index contributed by atoms with van der Waals surface area (Å²) in [6, 6.07) is 9.54. The van der Waals surface area contributed by atoms with Crippen LogP contribution in [-0.4, -0.2) is 49.9 Å². The zero-order valence-electron chi connectivity index (χ0n) is 17.0. The summed E-state index contributed by atoms with van der Waals surface area (Å²) in [6.07, 6.45) is 5.09. The summed E-state index contributed by atoms with van der Waals surface area (Å²) in [4.78, 5) is 34.5. The van der Waals surface area contributed by atoms with Crippen molar-refractivity contribution in [3.63, 3.8) is 0 Å². The van der Waals surface area contributed by atoms with Gasteiger partial charge in [0, 0.05) is 55.2 Å². The van der Waals surface area contributed by atoms with Gasteiger partial charge in [-0.25, -0.2) is 4.99 Å². The van der Waals surface area contributed by atoms with E-state index in [9.17, 15) is 9.59 Å². The van der Waals surface area contributed by atoms with E-state index >= 15 is 0 Å². The van der Waals surface area contributed by atoms with Crippen molar-refractivity contribution in [1.29, 1.82) is 0 Å². The van der Waals surface area contributed by atoms with Crippen LogP contribution in [0.3, 0.4) is 0 Å². The maximum Gasteiger partial charge on any atom is 0.309 e. The molecule has 2 aromatic rings.